The predicted molar refractivity (Wildman–Crippen MR) is 49.6 cm³/mol. The van der Waals surface area contributed by atoms with E-state index in [4.69, 9.17) is 22.6 Å². The van der Waals surface area contributed by atoms with Gasteiger partial charge in [0.15, 0.2) is 0 Å². The smallest absolute Gasteiger partial charge is 0.386 e. The van der Waals surface area contributed by atoms with Crippen LogP contribution in [-0.4, -0.2) is 11.3 Å². The van der Waals surface area contributed by atoms with Gasteiger partial charge < -0.3 is 10.5 Å². The van der Waals surface area contributed by atoms with Crippen molar-refractivity contribution in [3.05, 3.63) is 17.2 Å². The lowest BCUT2D eigenvalue weighted by Gasteiger charge is -2.10. The van der Waals surface area contributed by atoms with E-state index in [1.165, 1.54) is 6.07 Å². The molecule has 0 fully saturated rings. The van der Waals surface area contributed by atoms with Crippen LogP contribution in [0.2, 0.25) is 0 Å². The van der Waals surface area contributed by atoms with Crippen LogP contribution in [0, 0.1) is 11.3 Å². The van der Waals surface area contributed by atoms with E-state index in [9.17, 15) is 13.2 Å². The molecule has 1 heterocycles. The van der Waals surface area contributed by atoms with Gasteiger partial charge in [-0.1, -0.05) is 0 Å². The van der Waals surface area contributed by atoms with Gasteiger partial charge in [-0.2, -0.15) is 10.2 Å². The molecule has 1 rings (SSSR count). The lowest BCUT2D eigenvalue weighted by atomic mass is 10.2. The van der Waals surface area contributed by atoms with Crippen molar-refractivity contribution in [1.82, 2.24) is 4.98 Å². The number of nitrogens with zero attached hydrogens (tertiary/aromatic N) is 2. The van der Waals surface area contributed by atoms with Crippen molar-refractivity contribution in [2.24, 2.45) is 0 Å². The topological polar surface area (TPSA) is 71.9 Å². The normalized spacial score (nSPS) is 10.9. The molecular weight excluding hydrogens is 247 g/mol. The predicted octanol–water partition coefficient (Wildman–Crippen LogP) is 2.17. The number of ether oxygens (including phenoxy) is 1. The van der Waals surface area contributed by atoms with E-state index in [-0.39, 0.29) is 22.8 Å². The zero-order valence-electron chi connectivity index (χ0n) is 7.68. The SMILES string of the molecule is N#Cc1cc(CCl)c(N)nc1OC(F)(F)F. The molecule has 1 aromatic heterocycles. The number of aromatic nitrogens is 1. The van der Waals surface area contributed by atoms with Crippen molar-refractivity contribution in [3.8, 4) is 11.9 Å². The third-order valence-electron chi connectivity index (χ3n) is 1.58. The van der Waals surface area contributed by atoms with Gasteiger partial charge in [0.25, 0.3) is 0 Å². The zero-order valence-corrected chi connectivity index (χ0v) is 8.43. The van der Waals surface area contributed by atoms with E-state index in [0.29, 0.717) is 0 Å². The summed E-state index contributed by atoms with van der Waals surface area (Å²) in [6.07, 6.45) is -4.92. The second-order valence-electron chi connectivity index (χ2n) is 2.68. The highest BCUT2D eigenvalue weighted by Gasteiger charge is 2.33. The number of rotatable bonds is 2. The van der Waals surface area contributed by atoms with Crippen molar-refractivity contribution < 1.29 is 17.9 Å². The lowest BCUT2D eigenvalue weighted by Crippen LogP contribution is -2.19. The average Bonchev–Trinajstić information content (AvgIpc) is 2.16. The quantitative estimate of drug-likeness (QED) is 0.818. The first-order valence-corrected chi connectivity index (χ1v) is 4.42. The van der Waals surface area contributed by atoms with Gasteiger partial charge in [-0.05, 0) is 6.07 Å². The van der Waals surface area contributed by atoms with Crippen LogP contribution in [0.3, 0.4) is 0 Å². The van der Waals surface area contributed by atoms with E-state index in [2.05, 4.69) is 9.72 Å². The summed E-state index contributed by atoms with van der Waals surface area (Å²) in [5.74, 6) is -1.13. The zero-order chi connectivity index (χ0) is 12.3. The largest absolute Gasteiger partial charge is 0.574 e. The number of nitrogens with two attached hydrogens (primary N) is 1. The molecule has 0 atom stereocenters. The summed E-state index contributed by atoms with van der Waals surface area (Å²) in [6.45, 7) is 0. The lowest BCUT2D eigenvalue weighted by molar-refractivity contribution is -0.276. The van der Waals surface area contributed by atoms with Gasteiger partial charge in [0.05, 0.1) is 5.88 Å². The molecular formula is C8H5ClF3N3O. The average molecular weight is 252 g/mol. The molecule has 16 heavy (non-hydrogen) atoms. The first-order chi connectivity index (χ1) is 7.37. The van der Waals surface area contributed by atoms with Crippen LogP contribution in [-0.2, 0) is 5.88 Å². The van der Waals surface area contributed by atoms with E-state index in [1.807, 2.05) is 0 Å². The van der Waals surface area contributed by atoms with E-state index < -0.39 is 12.2 Å². The Labute approximate surface area is 93.4 Å². The number of hydrogen-bond donors (Lipinski definition) is 1. The van der Waals surface area contributed by atoms with Crippen LogP contribution in [0.4, 0.5) is 19.0 Å². The Kier molecular flexibility index (Phi) is 3.44. The summed E-state index contributed by atoms with van der Waals surface area (Å²) in [7, 11) is 0. The summed E-state index contributed by atoms with van der Waals surface area (Å²) >= 11 is 5.45. The molecule has 86 valence electrons. The Morgan fingerprint density at radius 1 is 1.56 bits per heavy atom. The van der Waals surface area contributed by atoms with E-state index in [0.717, 1.165) is 6.07 Å². The van der Waals surface area contributed by atoms with Gasteiger partial charge in [0.1, 0.15) is 17.5 Å². The Morgan fingerprint density at radius 2 is 2.19 bits per heavy atom. The maximum absolute atomic E-state index is 11.9. The first-order valence-electron chi connectivity index (χ1n) is 3.88. The minimum atomic E-state index is -4.92. The highest BCUT2D eigenvalue weighted by Crippen LogP contribution is 2.27. The Hall–Kier alpha value is -1.68. The maximum atomic E-state index is 11.9. The maximum Gasteiger partial charge on any atom is 0.574 e. The van der Waals surface area contributed by atoms with Crippen LogP contribution in [0.25, 0.3) is 0 Å². The molecule has 0 bridgehead atoms. The summed E-state index contributed by atoms with van der Waals surface area (Å²) in [5.41, 5.74) is 5.22. The molecule has 0 saturated heterocycles. The number of hydrogen-bond acceptors (Lipinski definition) is 4. The second-order valence-corrected chi connectivity index (χ2v) is 2.95. The molecule has 4 nitrogen and oxygen atoms in total. The van der Waals surface area contributed by atoms with Gasteiger partial charge >= 0.3 is 6.36 Å². The Bertz CT molecular complexity index is 441. The van der Waals surface area contributed by atoms with Crippen LogP contribution >= 0.6 is 11.6 Å². The van der Waals surface area contributed by atoms with Crippen molar-refractivity contribution >= 4 is 17.4 Å². The fourth-order valence-electron chi connectivity index (χ4n) is 0.926. The van der Waals surface area contributed by atoms with Crippen LogP contribution in [0.15, 0.2) is 6.07 Å². The van der Waals surface area contributed by atoms with Gasteiger partial charge in [-0.3, -0.25) is 0 Å². The minimum Gasteiger partial charge on any atom is -0.386 e. The molecule has 0 amide bonds. The minimum absolute atomic E-state index is 0.0557. The number of anilines is 1. The van der Waals surface area contributed by atoms with Gasteiger partial charge in [0, 0.05) is 5.56 Å². The molecule has 0 spiro atoms. The number of halogens is 4. The molecule has 0 saturated carbocycles. The number of nitrogen functional groups attached to an aromatic ring is 1. The molecule has 2 N–H and O–H groups in total. The van der Waals surface area contributed by atoms with E-state index in [1.54, 1.807) is 0 Å². The highest BCUT2D eigenvalue weighted by atomic mass is 35.5. The molecule has 8 heteroatoms. The van der Waals surface area contributed by atoms with E-state index >= 15 is 0 Å². The van der Waals surface area contributed by atoms with Crippen LogP contribution in [0.5, 0.6) is 5.88 Å². The Balaban J connectivity index is 3.20. The fourth-order valence-corrected chi connectivity index (χ4v) is 1.14. The van der Waals surface area contributed by atoms with Crippen LogP contribution in [0.1, 0.15) is 11.1 Å². The molecule has 0 aliphatic heterocycles. The van der Waals surface area contributed by atoms with Crippen LogP contribution < -0.4 is 10.5 Å². The first kappa shape index (κ1) is 12.4. The second kappa shape index (κ2) is 4.45. The molecule has 0 aliphatic rings. The van der Waals surface area contributed by atoms with Gasteiger partial charge in [-0.25, -0.2) is 0 Å². The third kappa shape index (κ3) is 2.90. The molecule has 0 unspecified atom stereocenters. The summed E-state index contributed by atoms with van der Waals surface area (Å²) in [6, 6.07) is 2.63. The van der Waals surface area contributed by atoms with Crippen molar-refractivity contribution in [2.45, 2.75) is 12.2 Å². The van der Waals surface area contributed by atoms with Gasteiger partial charge in [-0.15, -0.1) is 24.8 Å². The summed E-state index contributed by atoms with van der Waals surface area (Å²) < 4.78 is 39.3. The fraction of sp³-hybridized carbons (Fsp3) is 0.250. The van der Waals surface area contributed by atoms with Crippen molar-refractivity contribution in [1.29, 1.82) is 5.26 Å². The summed E-state index contributed by atoms with van der Waals surface area (Å²) in [5, 5.41) is 8.60. The number of pyridine rings is 1. The van der Waals surface area contributed by atoms with Gasteiger partial charge in [0.2, 0.25) is 5.88 Å². The molecule has 0 aromatic carbocycles. The summed E-state index contributed by atoms with van der Waals surface area (Å²) in [4.78, 5) is 3.33. The molecule has 0 radical (unpaired) electrons. The monoisotopic (exact) mass is 251 g/mol. The molecule has 1 aromatic rings. The van der Waals surface area contributed by atoms with Crippen molar-refractivity contribution in [3.63, 3.8) is 0 Å². The molecule has 0 aliphatic carbocycles. The van der Waals surface area contributed by atoms with Crippen molar-refractivity contribution in [2.75, 3.05) is 5.73 Å². The highest BCUT2D eigenvalue weighted by molar-refractivity contribution is 6.17. The standard InChI is InChI=1S/C8H5ClF3N3O/c9-2-4-1-5(3-13)7(15-6(4)14)16-8(10,11)12/h1H,2H2,(H2,14,15). The number of nitriles is 1. The third-order valence-corrected chi connectivity index (χ3v) is 1.86. The number of alkyl halides is 4. The Morgan fingerprint density at radius 3 is 2.62 bits per heavy atom.